The molecular weight excluding hydrogens is 492 g/mol. The highest BCUT2D eigenvalue weighted by molar-refractivity contribution is 6.01. The first-order valence-electron chi connectivity index (χ1n) is 12.7. The van der Waals surface area contributed by atoms with Crippen molar-refractivity contribution < 1.29 is 28.7 Å². The lowest BCUT2D eigenvalue weighted by Crippen LogP contribution is -2.57. The van der Waals surface area contributed by atoms with Crippen molar-refractivity contribution in [3.63, 3.8) is 0 Å². The predicted octanol–water partition coefficient (Wildman–Crippen LogP) is 0.112. The van der Waals surface area contributed by atoms with Crippen molar-refractivity contribution in [2.75, 3.05) is 33.3 Å². The van der Waals surface area contributed by atoms with Gasteiger partial charge in [-0.1, -0.05) is 12.1 Å². The minimum Gasteiger partial charge on any atom is -0.491 e. The SMILES string of the molecule is C[C@@H]1CN(C(=O)[C@@H]2CC(=O)N[C@@H](Cc3cnc[nH]3)C(=O)N(C)CCOc3ccccc3C(=O)N2)C[C@H](C)O1. The molecule has 0 radical (unpaired) electrons. The Balaban J connectivity index is 1.63. The highest BCUT2D eigenvalue weighted by atomic mass is 16.5. The van der Waals surface area contributed by atoms with Crippen molar-refractivity contribution >= 4 is 23.6 Å². The number of fused-ring (bicyclic) bond motifs is 1. The van der Waals surface area contributed by atoms with E-state index >= 15 is 0 Å². The van der Waals surface area contributed by atoms with Gasteiger partial charge in [0.05, 0.1) is 37.1 Å². The van der Waals surface area contributed by atoms with Crippen LogP contribution in [0.2, 0.25) is 0 Å². The number of carbonyl (C=O) groups is 4. The maximum absolute atomic E-state index is 13.6. The number of aromatic nitrogens is 2. The second-order valence-corrected chi connectivity index (χ2v) is 9.74. The first-order valence-corrected chi connectivity index (χ1v) is 12.7. The number of likely N-dealkylation sites (N-methyl/N-ethyl adjacent to an activating group) is 1. The topological polar surface area (TPSA) is 146 Å². The quantitative estimate of drug-likeness (QED) is 0.515. The van der Waals surface area contributed by atoms with E-state index in [1.165, 1.54) is 11.2 Å². The molecule has 204 valence electrons. The Bertz CT molecular complexity index is 1140. The van der Waals surface area contributed by atoms with Crippen molar-refractivity contribution in [2.24, 2.45) is 0 Å². The van der Waals surface area contributed by atoms with Gasteiger partial charge in [-0.3, -0.25) is 19.2 Å². The summed E-state index contributed by atoms with van der Waals surface area (Å²) in [6.07, 6.45) is 2.54. The van der Waals surface area contributed by atoms with Crippen LogP contribution in [0, 0.1) is 0 Å². The van der Waals surface area contributed by atoms with Gasteiger partial charge in [0.1, 0.15) is 24.4 Å². The number of para-hydroxylation sites is 1. The number of hydrogen-bond acceptors (Lipinski definition) is 7. The van der Waals surface area contributed by atoms with Gasteiger partial charge in [-0.2, -0.15) is 0 Å². The van der Waals surface area contributed by atoms with E-state index in [9.17, 15) is 19.2 Å². The number of nitrogens with one attached hydrogen (secondary N) is 3. The summed E-state index contributed by atoms with van der Waals surface area (Å²) >= 11 is 0. The van der Waals surface area contributed by atoms with Crippen LogP contribution < -0.4 is 15.4 Å². The lowest BCUT2D eigenvalue weighted by Gasteiger charge is -2.37. The number of imidazole rings is 1. The van der Waals surface area contributed by atoms with E-state index in [-0.39, 0.29) is 49.7 Å². The van der Waals surface area contributed by atoms with Gasteiger partial charge in [-0.25, -0.2) is 4.98 Å². The van der Waals surface area contributed by atoms with Gasteiger partial charge in [-0.15, -0.1) is 0 Å². The summed E-state index contributed by atoms with van der Waals surface area (Å²) in [5.41, 5.74) is 0.901. The normalized spacial score (nSPS) is 25.5. The fraction of sp³-hybridized carbons (Fsp3) is 0.500. The summed E-state index contributed by atoms with van der Waals surface area (Å²) in [6.45, 7) is 4.77. The molecule has 4 atom stereocenters. The smallest absolute Gasteiger partial charge is 0.255 e. The zero-order chi connectivity index (χ0) is 27.2. The molecule has 0 unspecified atom stereocenters. The molecule has 2 aromatic rings. The maximum atomic E-state index is 13.6. The molecule has 3 heterocycles. The largest absolute Gasteiger partial charge is 0.491 e. The highest BCUT2D eigenvalue weighted by Gasteiger charge is 2.35. The summed E-state index contributed by atoms with van der Waals surface area (Å²) in [5.74, 6) is -1.46. The Morgan fingerprint density at radius 1 is 1.11 bits per heavy atom. The predicted molar refractivity (Wildman–Crippen MR) is 136 cm³/mol. The summed E-state index contributed by atoms with van der Waals surface area (Å²) in [6, 6.07) is 4.60. The Kier molecular flexibility index (Phi) is 8.62. The number of ether oxygens (including phenoxy) is 2. The Morgan fingerprint density at radius 2 is 1.84 bits per heavy atom. The summed E-state index contributed by atoms with van der Waals surface area (Å²) in [7, 11) is 1.62. The van der Waals surface area contributed by atoms with Crippen molar-refractivity contribution in [1.29, 1.82) is 0 Å². The number of benzene rings is 1. The van der Waals surface area contributed by atoms with E-state index in [0.717, 1.165) is 0 Å². The van der Waals surface area contributed by atoms with Crippen LogP contribution in [0.3, 0.4) is 0 Å². The molecule has 0 aliphatic carbocycles. The van der Waals surface area contributed by atoms with Crippen LogP contribution in [0.25, 0.3) is 0 Å². The molecule has 1 aromatic heterocycles. The lowest BCUT2D eigenvalue weighted by atomic mass is 10.1. The fourth-order valence-electron chi connectivity index (χ4n) is 4.72. The molecule has 0 saturated carbocycles. The molecular formula is C26H34N6O6. The lowest BCUT2D eigenvalue weighted by molar-refractivity contribution is -0.146. The molecule has 3 N–H and O–H groups in total. The summed E-state index contributed by atoms with van der Waals surface area (Å²) < 4.78 is 11.6. The molecule has 1 aromatic carbocycles. The number of carbonyl (C=O) groups excluding carboxylic acids is 4. The molecule has 2 aliphatic rings. The van der Waals surface area contributed by atoms with E-state index in [0.29, 0.717) is 24.5 Å². The summed E-state index contributed by atoms with van der Waals surface area (Å²) in [4.78, 5) is 63.4. The molecule has 12 nitrogen and oxygen atoms in total. The van der Waals surface area contributed by atoms with E-state index < -0.39 is 29.8 Å². The Hall–Kier alpha value is -3.93. The Labute approximate surface area is 221 Å². The zero-order valence-corrected chi connectivity index (χ0v) is 21.8. The standard InChI is InChI=1S/C26H34N6O6/c1-16-13-32(14-17(2)38-16)26(36)21-11-23(33)29-20(10-18-12-27-15-28-18)25(35)31(3)8-9-37-22-7-5-4-6-19(22)24(34)30-21/h4-7,12,15-17,20-21H,8-11,13-14H2,1-3H3,(H,27,28)(H,29,33)(H,30,34)/t16-,17+,20-,21-/m0/s1. The van der Waals surface area contributed by atoms with Crippen LogP contribution in [0.4, 0.5) is 0 Å². The van der Waals surface area contributed by atoms with Gasteiger partial charge >= 0.3 is 0 Å². The molecule has 4 amide bonds. The summed E-state index contributed by atoms with van der Waals surface area (Å²) in [5, 5.41) is 5.50. The number of nitrogens with zero attached hydrogens (tertiary/aromatic N) is 3. The number of H-pyrrole nitrogens is 1. The van der Waals surface area contributed by atoms with E-state index in [2.05, 4.69) is 20.6 Å². The molecule has 12 heteroatoms. The van der Waals surface area contributed by atoms with Gasteiger partial charge in [0.15, 0.2) is 0 Å². The maximum Gasteiger partial charge on any atom is 0.255 e. The number of morpholine rings is 1. The molecule has 38 heavy (non-hydrogen) atoms. The number of hydrogen-bond donors (Lipinski definition) is 3. The number of rotatable bonds is 3. The van der Waals surface area contributed by atoms with Gasteiger partial charge in [-0.05, 0) is 26.0 Å². The highest BCUT2D eigenvalue weighted by Crippen LogP contribution is 2.20. The zero-order valence-electron chi connectivity index (χ0n) is 21.8. The Morgan fingerprint density at radius 3 is 2.55 bits per heavy atom. The van der Waals surface area contributed by atoms with Crippen LogP contribution in [-0.2, 0) is 25.5 Å². The van der Waals surface area contributed by atoms with Crippen LogP contribution in [0.1, 0.15) is 36.3 Å². The van der Waals surface area contributed by atoms with E-state index in [1.807, 2.05) is 13.8 Å². The minimum atomic E-state index is -1.16. The van der Waals surface area contributed by atoms with Crippen LogP contribution in [0.15, 0.2) is 36.8 Å². The molecule has 2 aliphatic heterocycles. The minimum absolute atomic E-state index is 0.128. The number of amides is 4. The van der Waals surface area contributed by atoms with Crippen molar-refractivity contribution in [3.8, 4) is 5.75 Å². The van der Waals surface area contributed by atoms with Crippen LogP contribution in [0.5, 0.6) is 5.75 Å². The van der Waals surface area contributed by atoms with Crippen molar-refractivity contribution in [3.05, 3.63) is 48.0 Å². The third-order valence-corrected chi connectivity index (χ3v) is 6.53. The first kappa shape index (κ1) is 27.1. The molecule has 1 saturated heterocycles. The van der Waals surface area contributed by atoms with Crippen molar-refractivity contribution in [2.45, 2.75) is 51.0 Å². The second kappa shape index (κ2) is 12.1. The molecule has 4 rings (SSSR count). The average molecular weight is 527 g/mol. The average Bonchev–Trinajstić information content (AvgIpc) is 3.39. The monoisotopic (exact) mass is 526 g/mol. The van der Waals surface area contributed by atoms with Gasteiger partial charge in [0.25, 0.3) is 5.91 Å². The van der Waals surface area contributed by atoms with Crippen molar-refractivity contribution in [1.82, 2.24) is 30.4 Å². The van der Waals surface area contributed by atoms with Gasteiger partial charge in [0, 0.05) is 38.4 Å². The third-order valence-electron chi connectivity index (χ3n) is 6.53. The fourth-order valence-corrected chi connectivity index (χ4v) is 4.72. The molecule has 1 fully saturated rings. The second-order valence-electron chi connectivity index (χ2n) is 9.74. The van der Waals surface area contributed by atoms with E-state index in [4.69, 9.17) is 9.47 Å². The third kappa shape index (κ3) is 6.68. The van der Waals surface area contributed by atoms with Gasteiger partial charge in [0.2, 0.25) is 17.7 Å². The van der Waals surface area contributed by atoms with Crippen LogP contribution >= 0.6 is 0 Å². The molecule has 0 bridgehead atoms. The van der Waals surface area contributed by atoms with Gasteiger partial charge < -0.3 is 34.9 Å². The van der Waals surface area contributed by atoms with Crippen LogP contribution in [-0.4, -0.2) is 101 Å². The van der Waals surface area contributed by atoms with E-state index in [1.54, 1.807) is 42.4 Å². The first-order chi connectivity index (χ1) is 18.2. The number of aromatic amines is 1. The molecule has 0 spiro atoms.